The van der Waals surface area contributed by atoms with Gasteiger partial charge in [-0.2, -0.15) is 12.6 Å². The average molecular weight is 275 g/mol. The quantitative estimate of drug-likeness (QED) is 0.870. The summed E-state index contributed by atoms with van der Waals surface area (Å²) < 4.78 is 7.25. The standard InChI is InChI=1S/C15H17NO2S/c1-3-18-14-7-5-4-6-12(14)13-9-8-11(10-19)15(17)16(13)2/h4-9,19H,3,10H2,1-2H3. The number of thiol groups is 1. The molecule has 0 fully saturated rings. The van der Waals surface area contributed by atoms with Crippen LogP contribution in [0.2, 0.25) is 0 Å². The van der Waals surface area contributed by atoms with E-state index in [1.807, 2.05) is 43.3 Å². The van der Waals surface area contributed by atoms with Crippen LogP contribution in [0, 0.1) is 0 Å². The Morgan fingerprint density at radius 1 is 1.21 bits per heavy atom. The van der Waals surface area contributed by atoms with E-state index in [0.717, 1.165) is 17.0 Å². The Morgan fingerprint density at radius 3 is 2.63 bits per heavy atom. The molecule has 2 rings (SSSR count). The molecule has 1 aromatic heterocycles. The van der Waals surface area contributed by atoms with E-state index in [9.17, 15) is 4.79 Å². The van der Waals surface area contributed by atoms with Crippen molar-refractivity contribution in [2.24, 2.45) is 7.05 Å². The fourth-order valence-corrected chi connectivity index (χ4v) is 2.28. The summed E-state index contributed by atoms with van der Waals surface area (Å²) >= 11 is 4.16. The average Bonchev–Trinajstić information content (AvgIpc) is 2.43. The SMILES string of the molecule is CCOc1ccccc1-c1ccc(CS)c(=O)n1C. The molecule has 100 valence electrons. The summed E-state index contributed by atoms with van der Waals surface area (Å²) in [5.41, 5.74) is 2.46. The zero-order chi connectivity index (χ0) is 13.8. The summed E-state index contributed by atoms with van der Waals surface area (Å²) in [6.45, 7) is 2.54. The number of hydrogen-bond donors (Lipinski definition) is 1. The molecule has 0 saturated heterocycles. The number of hydrogen-bond acceptors (Lipinski definition) is 3. The van der Waals surface area contributed by atoms with Gasteiger partial charge in [0.05, 0.1) is 12.3 Å². The Hall–Kier alpha value is -1.68. The maximum Gasteiger partial charge on any atom is 0.254 e. The van der Waals surface area contributed by atoms with Gasteiger partial charge < -0.3 is 9.30 Å². The third kappa shape index (κ3) is 2.68. The van der Waals surface area contributed by atoms with Crippen molar-refractivity contribution >= 4 is 12.6 Å². The van der Waals surface area contributed by atoms with Gasteiger partial charge in [0.25, 0.3) is 5.56 Å². The number of benzene rings is 1. The fraction of sp³-hybridized carbons (Fsp3) is 0.267. The smallest absolute Gasteiger partial charge is 0.254 e. The van der Waals surface area contributed by atoms with Gasteiger partial charge in [0.2, 0.25) is 0 Å². The lowest BCUT2D eigenvalue weighted by atomic mass is 10.1. The molecule has 0 bridgehead atoms. The molecule has 1 aromatic carbocycles. The van der Waals surface area contributed by atoms with Crippen LogP contribution in [0.5, 0.6) is 5.75 Å². The maximum atomic E-state index is 12.1. The van der Waals surface area contributed by atoms with Crippen molar-refractivity contribution in [1.82, 2.24) is 4.57 Å². The second-order valence-corrected chi connectivity index (χ2v) is 4.51. The zero-order valence-electron chi connectivity index (χ0n) is 11.1. The predicted octanol–water partition coefficient (Wildman–Crippen LogP) is 2.88. The van der Waals surface area contributed by atoms with Crippen LogP contribution in [0.1, 0.15) is 12.5 Å². The molecule has 2 aromatic rings. The van der Waals surface area contributed by atoms with Crippen LogP contribution < -0.4 is 10.3 Å². The largest absolute Gasteiger partial charge is 0.493 e. The highest BCUT2D eigenvalue weighted by atomic mass is 32.1. The van der Waals surface area contributed by atoms with Crippen LogP contribution >= 0.6 is 12.6 Å². The van der Waals surface area contributed by atoms with Gasteiger partial charge in [-0.25, -0.2) is 0 Å². The Balaban J connectivity index is 2.60. The number of aromatic nitrogens is 1. The summed E-state index contributed by atoms with van der Waals surface area (Å²) in [5.74, 6) is 1.23. The van der Waals surface area contributed by atoms with Crippen molar-refractivity contribution < 1.29 is 4.74 Å². The van der Waals surface area contributed by atoms with Gasteiger partial charge in [0.15, 0.2) is 0 Å². The zero-order valence-corrected chi connectivity index (χ0v) is 12.0. The van der Waals surface area contributed by atoms with Gasteiger partial charge in [-0.05, 0) is 25.1 Å². The van der Waals surface area contributed by atoms with E-state index < -0.39 is 0 Å². The van der Waals surface area contributed by atoms with E-state index in [2.05, 4.69) is 12.6 Å². The lowest BCUT2D eigenvalue weighted by molar-refractivity contribution is 0.341. The lowest BCUT2D eigenvalue weighted by Gasteiger charge is -2.14. The lowest BCUT2D eigenvalue weighted by Crippen LogP contribution is -2.21. The number of rotatable bonds is 4. The predicted molar refractivity (Wildman–Crippen MR) is 81.0 cm³/mol. The van der Waals surface area contributed by atoms with Crippen LogP contribution in [0.4, 0.5) is 0 Å². The van der Waals surface area contributed by atoms with Crippen LogP contribution in [0.15, 0.2) is 41.2 Å². The van der Waals surface area contributed by atoms with Crippen LogP contribution in [-0.2, 0) is 12.8 Å². The van der Waals surface area contributed by atoms with Crippen molar-refractivity contribution in [3.8, 4) is 17.0 Å². The molecule has 0 atom stereocenters. The third-order valence-electron chi connectivity index (χ3n) is 3.02. The van der Waals surface area contributed by atoms with Gasteiger partial charge in [-0.15, -0.1) is 0 Å². The van der Waals surface area contributed by atoms with E-state index in [4.69, 9.17) is 4.74 Å². The molecule has 0 spiro atoms. The minimum absolute atomic E-state index is 0.0150. The van der Waals surface area contributed by atoms with E-state index in [1.165, 1.54) is 0 Å². The molecule has 0 unspecified atom stereocenters. The van der Waals surface area contributed by atoms with Gasteiger partial charge >= 0.3 is 0 Å². The van der Waals surface area contributed by atoms with Gasteiger partial charge in [0, 0.05) is 23.9 Å². The first kappa shape index (κ1) is 13.7. The van der Waals surface area contributed by atoms with E-state index in [1.54, 1.807) is 11.6 Å². The molecule has 0 amide bonds. The molecule has 0 aliphatic rings. The molecule has 0 radical (unpaired) electrons. The summed E-state index contributed by atoms with van der Waals surface area (Å²) in [4.78, 5) is 12.1. The number of nitrogens with zero attached hydrogens (tertiary/aromatic N) is 1. The molecule has 0 saturated carbocycles. The number of para-hydroxylation sites is 1. The molecule has 0 aliphatic heterocycles. The third-order valence-corrected chi connectivity index (χ3v) is 3.36. The highest BCUT2D eigenvalue weighted by molar-refractivity contribution is 7.79. The molecule has 3 nitrogen and oxygen atoms in total. The summed E-state index contributed by atoms with van der Waals surface area (Å²) in [6.07, 6.45) is 0. The van der Waals surface area contributed by atoms with Crippen molar-refractivity contribution in [1.29, 1.82) is 0 Å². The monoisotopic (exact) mass is 275 g/mol. The van der Waals surface area contributed by atoms with E-state index in [-0.39, 0.29) is 5.56 Å². The molecular weight excluding hydrogens is 258 g/mol. The summed E-state index contributed by atoms with van der Waals surface area (Å²) in [6, 6.07) is 11.5. The van der Waals surface area contributed by atoms with Crippen molar-refractivity contribution in [2.75, 3.05) is 6.61 Å². The van der Waals surface area contributed by atoms with E-state index >= 15 is 0 Å². The molecule has 19 heavy (non-hydrogen) atoms. The Kier molecular flexibility index (Phi) is 4.32. The summed E-state index contributed by atoms with van der Waals surface area (Å²) in [7, 11) is 1.77. The first-order valence-corrected chi connectivity index (χ1v) is 6.84. The molecule has 0 N–H and O–H groups in total. The second-order valence-electron chi connectivity index (χ2n) is 4.20. The Morgan fingerprint density at radius 2 is 1.95 bits per heavy atom. The van der Waals surface area contributed by atoms with Crippen molar-refractivity contribution in [3.63, 3.8) is 0 Å². The molecule has 1 heterocycles. The minimum atomic E-state index is -0.0150. The van der Waals surface area contributed by atoms with Gasteiger partial charge in [-0.3, -0.25) is 4.79 Å². The van der Waals surface area contributed by atoms with Crippen LogP contribution in [0.25, 0.3) is 11.3 Å². The molecule has 0 aliphatic carbocycles. The highest BCUT2D eigenvalue weighted by Gasteiger charge is 2.10. The Labute approximate surface area is 118 Å². The Bertz CT molecular complexity index is 634. The topological polar surface area (TPSA) is 31.2 Å². The first-order valence-electron chi connectivity index (χ1n) is 6.21. The normalized spacial score (nSPS) is 10.5. The number of pyridine rings is 1. The molecule has 4 heteroatoms. The van der Waals surface area contributed by atoms with Crippen LogP contribution in [0.3, 0.4) is 0 Å². The van der Waals surface area contributed by atoms with Gasteiger partial charge in [0.1, 0.15) is 5.75 Å². The van der Waals surface area contributed by atoms with Crippen LogP contribution in [-0.4, -0.2) is 11.2 Å². The maximum absolute atomic E-state index is 12.1. The number of ether oxygens (including phenoxy) is 1. The van der Waals surface area contributed by atoms with Crippen molar-refractivity contribution in [2.45, 2.75) is 12.7 Å². The summed E-state index contributed by atoms with van der Waals surface area (Å²) in [5, 5.41) is 0. The second kappa shape index (κ2) is 5.97. The first-order chi connectivity index (χ1) is 9.19. The van der Waals surface area contributed by atoms with E-state index in [0.29, 0.717) is 17.9 Å². The fourth-order valence-electron chi connectivity index (χ4n) is 2.04. The van der Waals surface area contributed by atoms with Gasteiger partial charge in [-0.1, -0.05) is 18.2 Å². The minimum Gasteiger partial charge on any atom is -0.493 e. The van der Waals surface area contributed by atoms with Crippen molar-refractivity contribution in [3.05, 3.63) is 52.3 Å². The highest BCUT2D eigenvalue weighted by Crippen LogP contribution is 2.28. The molecular formula is C15H17NO2S.